The Hall–Kier alpha value is -2.01. The molecule has 27 heavy (non-hydrogen) atoms. The van der Waals surface area contributed by atoms with Crippen LogP contribution in [-0.4, -0.2) is 55.7 Å². The number of hydrogen-bond acceptors (Lipinski definition) is 3. The number of guanidine groups is 1. The zero-order valence-electron chi connectivity index (χ0n) is 17.3. The summed E-state index contributed by atoms with van der Waals surface area (Å²) >= 11 is 0. The van der Waals surface area contributed by atoms with Gasteiger partial charge in [0.15, 0.2) is 5.96 Å². The lowest BCUT2D eigenvalue weighted by molar-refractivity contribution is 0.265. The number of hydrogen-bond donors (Lipinski definition) is 2. The summed E-state index contributed by atoms with van der Waals surface area (Å²) in [6.45, 7) is 14.8. The second-order valence-corrected chi connectivity index (χ2v) is 8.02. The van der Waals surface area contributed by atoms with Crippen molar-refractivity contribution >= 4 is 11.6 Å². The van der Waals surface area contributed by atoms with Gasteiger partial charge in [0.2, 0.25) is 0 Å². The molecule has 2 N–H and O–H groups in total. The van der Waals surface area contributed by atoms with Gasteiger partial charge in [-0.05, 0) is 44.4 Å². The van der Waals surface area contributed by atoms with Gasteiger partial charge in [0.05, 0.1) is 6.54 Å². The molecule has 2 aliphatic rings. The van der Waals surface area contributed by atoms with Gasteiger partial charge in [-0.3, -0.25) is 4.90 Å². The van der Waals surface area contributed by atoms with E-state index in [1.54, 1.807) is 0 Å². The molecule has 1 aromatic carbocycles. The lowest BCUT2D eigenvalue weighted by Gasteiger charge is -2.22. The molecule has 2 unspecified atom stereocenters. The minimum absolute atomic E-state index is 0.451. The topological polar surface area (TPSA) is 42.9 Å². The molecule has 1 saturated heterocycles. The molecule has 0 radical (unpaired) electrons. The SMILES string of the molecule is CCNC(=NCc1cccc(N2CC=CC2)c1)NC1CN(C(C)C)CC1C. The first-order valence-electron chi connectivity index (χ1n) is 10.3. The number of benzene rings is 1. The van der Waals surface area contributed by atoms with Crippen LogP contribution in [0.4, 0.5) is 5.69 Å². The van der Waals surface area contributed by atoms with E-state index in [9.17, 15) is 0 Å². The number of anilines is 1. The average Bonchev–Trinajstić information content (AvgIpc) is 3.31. The number of nitrogens with zero attached hydrogens (tertiary/aromatic N) is 3. The van der Waals surface area contributed by atoms with Crippen LogP contribution in [-0.2, 0) is 6.54 Å². The van der Waals surface area contributed by atoms with E-state index >= 15 is 0 Å². The summed E-state index contributed by atoms with van der Waals surface area (Å²) in [5.74, 6) is 1.55. The van der Waals surface area contributed by atoms with Gasteiger partial charge in [-0.15, -0.1) is 0 Å². The van der Waals surface area contributed by atoms with E-state index in [2.05, 4.69) is 84.5 Å². The Morgan fingerprint density at radius 1 is 1.22 bits per heavy atom. The van der Waals surface area contributed by atoms with Crippen molar-refractivity contribution in [1.82, 2.24) is 15.5 Å². The van der Waals surface area contributed by atoms with Crippen molar-refractivity contribution < 1.29 is 0 Å². The highest BCUT2D eigenvalue weighted by Crippen LogP contribution is 2.20. The van der Waals surface area contributed by atoms with Crippen molar-refractivity contribution in [2.75, 3.05) is 37.6 Å². The van der Waals surface area contributed by atoms with E-state index in [0.29, 0.717) is 24.5 Å². The number of aliphatic imine (C=N–C) groups is 1. The van der Waals surface area contributed by atoms with Crippen molar-refractivity contribution in [2.45, 2.75) is 46.3 Å². The minimum atomic E-state index is 0.451. The summed E-state index contributed by atoms with van der Waals surface area (Å²) in [6.07, 6.45) is 4.45. The summed E-state index contributed by atoms with van der Waals surface area (Å²) in [5, 5.41) is 7.08. The number of rotatable bonds is 6. The monoisotopic (exact) mass is 369 g/mol. The predicted octanol–water partition coefficient (Wildman–Crippen LogP) is 2.85. The second kappa shape index (κ2) is 9.27. The molecular weight excluding hydrogens is 334 g/mol. The molecule has 3 rings (SSSR count). The first-order chi connectivity index (χ1) is 13.1. The zero-order valence-corrected chi connectivity index (χ0v) is 17.3. The summed E-state index contributed by atoms with van der Waals surface area (Å²) in [5.41, 5.74) is 2.53. The normalized spacial score (nSPS) is 23.4. The smallest absolute Gasteiger partial charge is 0.191 e. The van der Waals surface area contributed by atoms with Crippen LogP contribution in [0.5, 0.6) is 0 Å². The Labute approximate surface area is 164 Å². The zero-order chi connectivity index (χ0) is 19.2. The van der Waals surface area contributed by atoms with Gasteiger partial charge in [-0.2, -0.15) is 0 Å². The molecule has 5 nitrogen and oxygen atoms in total. The first kappa shape index (κ1) is 19.7. The Balaban J connectivity index is 1.63. The molecular formula is C22H35N5. The third-order valence-corrected chi connectivity index (χ3v) is 5.55. The fraction of sp³-hybridized carbons (Fsp3) is 0.591. The Bertz CT molecular complexity index is 658. The molecule has 0 amide bonds. The lowest BCUT2D eigenvalue weighted by Crippen LogP contribution is -2.46. The van der Waals surface area contributed by atoms with E-state index in [4.69, 9.17) is 4.99 Å². The predicted molar refractivity (Wildman–Crippen MR) is 115 cm³/mol. The molecule has 2 atom stereocenters. The third kappa shape index (κ3) is 5.25. The van der Waals surface area contributed by atoms with Gasteiger partial charge < -0.3 is 15.5 Å². The molecule has 0 bridgehead atoms. The van der Waals surface area contributed by atoms with Crippen molar-refractivity contribution in [3.8, 4) is 0 Å². The van der Waals surface area contributed by atoms with Crippen molar-refractivity contribution in [2.24, 2.45) is 10.9 Å². The highest BCUT2D eigenvalue weighted by Gasteiger charge is 2.31. The Morgan fingerprint density at radius 2 is 2.00 bits per heavy atom. The minimum Gasteiger partial charge on any atom is -0.364 e. The van der Waals surface area contributed by atoms with Gasteiger partial charge in [-0.1, -0.05) is 31.2 Å². The standard InChI is InChI=1S/C22H35N5/c1-5-23-22(25-21-16-27(17(2)3)15-18(21)4)24-14-19-9-8-10-20(13-19)26-11-6-7-12-26/h6-10,13,17-18,21H,5,11-12,14-16H2,1-4H3,(H2,23,24,25). The molecule has 148 valence electrons. The van der Waals surface area contributed by atoms with Gasteiger partial charge in [0, 0.05) is 50.5 Å². The average molecular weight is 370 g/mol. The van der Waals surface area contributed by atoms with Gasteiger partial charge in [0.25, 0.3) is 0 Å². The lowest BCUT2D eigenvalue weighted by atomic mass is 10.1. The van der Waals surface area contributed by atoms with E-state index in [1.807, 2.05) is 0 Å². The van der Waals surface area contributed by atoms with Crippen LogP contribution in [0.25, 0.3) is 0 Å². The second-order valence-electron chi connectivity index (χ2n) is 8.02. The van der Waals surface area contributed by atoms with Crippen LogP contribution in [0.15, 0.2) is 41.4 Å². The highest BCUT2D eigenvalue weighted by atomic mass is 15.3. The molecule has 5 heteroatoms. The summed E-state index contributed by atoms with van der Waals surface area (Å²) < 4.78 is 0. The largest absolute Gasteiger partial charge is 0.364 e. The van der Waals surface area contributed by atoms with Crippen LogP contribution in [0.1, 0.15) is 33.3 Å². The summed E-state index contributed by atoms with van der Waals surface area (Å²) in [7, 11) is 0. The van der Waals surface area contributed by atoms with Gasteiger partial charge in [0.1, 0.15) is 0 Å². The molecule has 1 aromatic rings. The molecule has 0 aromatic heterocycles. The maximum atomic E-state index is 4.86. The Kier molecular flexibility index (Phi) is 6.78. The summed E-state index contributed by atoms with van der Waals surface area (Å²) in [6, 6.07) is 9.80. The van der Waals surface area contributed by atoms with Crippen LogP contribution >= 0.6 is 0 Å². The van der Waals surface area contributed by atoms with Gasteiger partial charge >= 0.3 is 0 Å². The molecule has 0 saturated carbocycles. The van der Waals surface area contributed by atoms with Crippen LogP contribution in [0.3, 0.4) is 0 Å². The Morgan fingerprint density at radius 3 is 2.67 bits per heavy atom. The fourth-order valence-electron chi connectivity index (χ4n) is 3.82. The third-order valence-electron chi connectivity index (χ3n) is 5.55. The fourth-order valence-corrected chi connectivity index (χ4v) is 3.82. The summed E-state index contributed by atoms with van der Waals surface area (Å²) in [4.78, 5) is 9.77. The first-order valence-corrected chi connectivity index (χ1v) is 10.3. The van der Waals surface area contributed by atoms with Crippen molar-refractivity contribution in [3.05, 3.63) is 42.0 Å². The highest BCUT2D eigenvalue weighted by molar-refractivity contribution is 5.80. The van der Waals surface area contributed by atoms with Gasteiger partial charge in [-0.25, -0.2) is 4.99 Å². The van der Waals surface area contributed by atoms with E-state index in [1.165, 1.54) is 11.3 Å². The van der Waals surface area contributed by atoms with Crippen LogP contribution in [0, 0.1) is 5.92 Å². The molecule has 0 aliphatic carbocycles. The van der Waals surface area contributed by atoms with Crippen LogP contribution in [0.2, 0.25) is 0 Å². The molecule has 1 fully saturated rings. The maximum absolute atomic E-state index is 4.86. The van der Waals surface area contributed by atoms with Crippen LogP contribution < -0.4 is 15.5 Å². The maximum Gasteiger partial charge on any atom is 0.191 e. The van der Waals surface area contributed by atoms with Crippen molar-refractivity contribution in [3.63, 3.8) is 0 Å². The van der Waals surface area contributed by atoms with Crippen molar-refractivity contribution in [1.29, 1.82) is 0 Å². The number of likely N-dealkylation sites (tertiary alicyclic amines) is 1. The molecule has 2 heterocycles. The molecule has 2 aliphatic heterocycles. The van der Waals surface area contributed by atoms with E-state index in [0.717, 1.165) is 38.7 Å². The van der Waals surface area contributed by atoms with E-state index in [-0.39, 0.29) is 0 Å². The number of nitrogens with one attached hydrogen (secondary N) is 2. The van der Waals surface area contributed by atoms with E-state index < -0.39 is 0 Å². The quantitative estimate of drug-likeness (QED) is 0.460. The molecule has 0 spiro atoms.